The normalized spacial score (nSPS) is 21.3. The first kappa shape index (κ1) is 23.5. The van der Waals surface area contributed by atoms with Gasteiger partial charge in [-0.3, -0.25) is 4.79 Å². The van der Waals surface area contributed by atoms with E-state index in [1.807, 2.05) is 72.5 Å². The van der Waals surface area contributed by atoms with Crippen molar-refractivity contribution >= 4 is 29.2 Å². The highest BCUT2D eigenvalue weighted by Crippen LogP contribution is 2.34. The zero-order valence-corrected chi connectivity index (χ0v) is 20.6. The average molecular weight is 492 g/mol. The second kappa shape index (κ2) is 10.2. The number of allylic oxidation sites excluding steroid dienone is 2. The van der Waals surface area contributed by atoms with Gasteiger partial charge in [-0.05, 0) is 54.7 Å². The number of carbonyl (C=O) groups is 2. The van der Waals surface area contributed by atoms with Crippen LogP contribution in [0.2, 0.25) is 0 Å². The summed E-state index contributed by atoms with van der Waals surface area (Å²) in [5.74, 6) is 1.20. The predicted molar refractivity (Wildman–Crippen MR) is 137 cm³/mol. The van der Waals surface area contributed by atoms with Crippen LogP contribution in [0.4, 0.5) is 10.5 Å². The van der Waals surface area contributed by atoms with E-state index in [1.165, 1.54) is 0 Å². The molecule has 1 aliphatic heterocycles. The summed E-state index contributed by atoms with van der Waals surface area (Å²) in [7, 11) is 0. The quantitative estimate of drug-likeness (QED) is 0.623. The molecule has 1 heterocycles. The molecule has 1 fully saturated rings. The fraction of sp³-hybridized carbons (Fsp3) is 0.357. The second-order valence-corrected chi connectivity index (χ2v) is 9.93. The Labute approximate surface area is 211 Å². The maximum atomic E-state index is 13.1. The molecule has 0 radical (unpaired) electrons. The number of halogens is 1. The third-order valence-corrected chi connectivity index (χ3v) is 6.99. The molecule has 3 amide bonds. The number of anilines is 1. The standard InChI is InChI=1S/C28H30ClN3O3/c1-19-15-23(29)10-11-25(19)30-28(34)31-13-14-35-26-12-7-20(16-22(26)18-31)17-32(27(33)21-8-9-21)24-5-3-2-4-6-24/h2-7,10-12,15-16,19,21,25H,8-9,13-14,17-18H2,1H3,(H,30,34). The van der Waals surface area contributed by atoms with Gasteiger partial charge < -0.3 is 19.9 Å². The zero-order chi connectivity index (χ0) is 24.4. The number of urea groups is 1. The molecule has 2 aliphatic carbocycles. The molecule has 5 rings (SSSR count). The molecule has 35 heavy (non-hydrogen) atoms. The van der Waals surface area contributed by atoms with E-state index in [1.54, 1.807) is 4.90 Å². The predicted octanol–water partition coefficient (Wildman–Crippen LogP) is 5.23. The minimum Gasteiger partial charge on any atom is -0.491 e. The molecule has 2 atom stereocenters. The van der Waals surface area contributed by atoms with E-state index in [0.717, 1.165) is 35.4 Å². The van der Waals surface area contributed by atoms with E-state index in [9.17, 15) is 9.59 Å². The van der Waals surface area contributed by atoms with Crippen LogP contribution in [-0.4, -0.2) is 36.0 Å². The maximum Gasteiger partial charge on any atom is 0.318 e. The van der Waals surface area contributed by atoms with Crippen molar-refractivity contribution in [1.82, 2.24) is 10.2 Å². The van der Waals surface area contributed by atoms with E-state index < -0.39 is 0 Å². The van der Waals surface area contributed by atoms with Crippen molar-refractivity contribution < 1.29 is 14.3 Å². The van der Waals surface area contributed by atoms with Crippen LogP contribution in [0, 0.1) is 11.8 Å². The van der Waals surface area contributed by atoms with Gasteiger partial charge in [0, 0.05) is 22.2 Å². The monoisotopic (exact) mass is 491 g/mol. The molecular formula is C28H30ClN3O3. The molecule has 182 valence electrons. The number of nitrogens with zero attached hydrogens (tertiary/aromatic N) is 2. The van der Waals surface area contributed by atoms with Crippen LogP contribution in [-0.2, 0) is 17.9 Å². The number of ether oxygens (including phenoxy) is 1. The minimum atomic E-state index is -0.130. The second-order valence-electron chi connectivity index (χ2n) is 9.49. The van der Waals surface area contributed by atoms with Gasteiger partial charge in [0.2, 0.25) is 5.91 Å². The molecular weight excluding hydrogens is 462 g/mol. The lowest BCUT2D eigenvalue weighted by molar-refractivity contribution is -0.119. The van der Waals surface area contributed by atoms with Crippen molar-refractivity contribution in [3.63, 3.8) is 0 Å². The first-order valence-corrected chi connectivity index (χ1v) is 12.6. The summed E-state index contributed by atoms with van der Waals surface area (Å²) < 4.78 is 5.95. The SMILES string of the molecule is CC1C=C(Cl)C=CC1NC(=O)N1CCOc2ccc(CN(C(=O)C3CC3)c3ccccc3)cc2C1. The van der Waals surface area contributed by atoms with Crippen LogP contribution >= 0.6 is 11.6 Å². The molecule has 7 heteroatoms. The minimum absolute atomic E-state index is 0.104. The van der Waals surface area contributed by atoms with E-state index in [0.29, 0.717) is 31.3 Å². The Morgan fingerprint density at radius 3 is 2.71 bits per heavy atom. The third-order valence-electron chi connectivity index (χ3n) is 6.73. The lowest BCUT2D eigenvalue weighted by atomic mass is 9.97. The van der Waals surface area contributed by atoms with Crippen molar-refractivity contribution in [2.75, 3.05) is 18.1 Å². The summed E-state index contributed by atoms with van der Waals surface area (Å²) in [4.78, 5) is 29.8. The molecule has 0 spiro atoms. The molecule has 0 aromatic heterocycles. The van der Waals surface area contributed by atoms with Gasteiger partial charge in [0.25, 0.3) is 0 Å². The summed E-state index contributed by atoms with van der Waals surface area (Å²) in [5, 5.41) is 3.80. The van der Waals surface area contributed by atoms with Crippen LogP contribution < -0.4 is 15.0 Å². The van der Waals surface area contributed by atoms with Crippen LogP contribution in [0.15, 0.2) is 71.8 Å². The Hall–Kier alpha value is -3.25. The third kappa shape index (κ3) is 5.54. The van der Waals surface area contributed by atoms with Gasteiger partial charge in [-0.25, -0.2) is 4.79 Å². The average Bonchev–Trinajstić information content (AvgIpc) is 3.71. The van der Waals surface area contributed by atoms with E-state index >= 15 is 0 Å². The van der Waals surface area contributed by atoms with Gasteiger partial charge in [0.15, 0.2) is 0 Å². The van der Waals surface area contributed by atoms with Crippen LogP contribution in [0.25, 0.3) is 0 Å². The van der Waals surface area contributed by atoms with E-state index in [4.69, 9.17) is 16.3 Å². The van der Waals surface area contributed by atoms with Gasteiger partial charge >= 0.3 is 6.03 Å². The van der Waals surface area contributed by atoms with E-state index in [-0.39, 0.29) is 29.8 Å². The maximum absolute atomic E-state index is 13.1. The van der Waals surface area contributed by atoms with Crippen molar-refractivity contribution in [2.24, 2.45) is 11.8 Å². The summed E-state index contributed by atoms with van der Waals surface area (Å²) in [6.45, 7) is 3.88. The van der Waals surface area contributed by atoms with Crippen LogP contribution in [0.5, 0.6) is 5.75 Å². The summed E-state index contributed by atoms with van der Waals surface area (Å²) in [6.07, 6.45) is 7.62. The topological polar surface area (TPSA) is 61.9 Å². The van der Waals surface area contributed by atoms with Crippen LogP contribution in [0.3, 0.4) is 0 Å². The highest BCUT2D eigenvalue weighted by Gasteiger charge is 2.34. The number of para-hydroxylation sites is 1. The lowest BCUT2D eigenvalue weighted by Crippen LogP contribution is -2.46. The van der Waals surface area contributed by atoms with Crippen molar-refractivity contribution in [1.29, 1.82) is 0 Å². The molecule has 1 saturated carbocycles. The van der Waals surface area contributed by atoms with Gasteiger partial charge in [-0.2, -0.15) is 0 Å². The number of benzene rings is 2. The summed E-state index contributed by atoms with van der Waals surface area (Å²) in [6, 6.07) is 15.6. The molecule has 2 unspecified atom stereocenters. The first-order chi connectivity index (χ1) is 17.0. The number of amides is 3. The number of fused-ring (bicyclic) bond motifs is 1. The Bertz CT molecular complexity index is 1160. The summed E-state index contributed by atoms with van der Waals surface area (Å²) >= 11 is 6.08. The Morgan fingerprint density at radius 2 is 1.97 bits per heavy atom. The lowest BCUT2D eigenvalue weighted by Gasteiger charge is -2.27. The Kier molecular flexibility index (Phi) is 6.82. The zero-order valence-electron chi connectivity index (χ0n) is 19.8. The molecule has 2 aromatic carbocycles. The largest absolute Gasteiger partial charge is 0.491 e. The van der Waals surface area contributed by atoms with Crippen LogP contribution in [0.1, 0.15) is 30.9 Å². The van der Waals surface area contributed by atoms with Crippen molar-refractivity contribution in [2.45, 2.75) is 38.9 Å². The van der Waals surface area contributed by atoms with Gasteiger partial charge in [-0.15, -0.1) is 0 Å². The molecule has 1 N–H and O–H groups in total. The number of hydrogen-bond acceptors (Lipinski definition) is 3. The van der Waals surface area contributed by atoms with Gasteiger partial charge in [0.1, 0.15) is 12.4 Å². The molecule has 3 aliphatic rings. The van der Waals surface area contributed by atoms with E-state index in [2.05, 4.69) is 11.4 Å². The van der Waals surface area contributed by atoms with Crippen molar-refractivity contribution in [3.05, 3.63) is 82.9 Å². The fourth-order valence-electron chi connectivity index (χ4n) is 4.55. The smallest absolute Gasteiger partial charge is 0.318 e. The number of hydrogen-bond donors (Lipinski definition) is 1. The number of rotatable bonds is 5. The van der Waals surface area contributed by atoms with Gasteiger partial charge in [0.05, 0.1) is 25.7 Å². The first-order valence-electron chi connectivity index (χ1n) is 12.2. The Balaban J connectivity index is 1.32. The van der Waals surface area contributed by atoms with Gasteiger partial charge in [-0.1, -0.05) is 54.9 Å². The number of nitrogens with one attached hydrogen (secondary N) is 1. The molecule has 6 nitrogen and oxygen atoms in total. The summed E-state index contributed by atoms with van der Waals surface area (Å²) in [5.41, 5.74) is 2.86. The highest BCUT2D eigenvalue weighted by atomic mass is 35.5. The molecule has 2 aromatic rings. The van der Waals surface area contributed by atoms with Crippen molar-refractivity contribution in [3.8, 4) is 5.75 Å². The molecule has 0 bridgehead atoms. The molecule has 0 saturated heterocycles. The Morgan fingerprint density at radius 1 is 1.17 bits per heavy atom. The highest BCUT2D eigenvalue weighted by molar-refractivity contribution is 6.31. The fourth-order valence-corrected chi connectivity index (χ4v) is 4.82. The number of carbonyl (C=O) groups excluding carboxylic acids is 2.